The van der Waals surface area contributed by atoms with Crippen molar-refractivity contribution in [3.05, 3.63) is 58.9 Å². The van der Waals surface area contributed by atoms with E-state index >= 15 is 0 Å². The van der Waals surface area contributed by atoms with E-state index in [-0.39, 0.29) is 0 Å². The number of nitrogens with zero attached hydrogens (tertiary/aromatic N) is 6. The van der Waals surface area contributed by atoms with Crippen LogP contribution in [0.2, 0.25) is 5.02 Å². The summed E-state index contributed by atoms with van der Waals surface area (Å²) < 4.78 is 3.65. The SMILES string of the molecule is Cc1cc(-c2nnc(Nc3ccn(Cc4ccccc4Cl)n3)s2)nn1C. The van der Waals surface area contributed by atoms with Crippen LogP contribution in [-0.4, -0.2) is 29.8 Å². The van der Waals surface area contributed by atoms with Crippen LogP contribution in [0.1, 0.15) is 11.3 Å². The molecule has 3 aromatic heterocycles. The van der Waals surface area contributed by atoms with Crippen LogP contribution in [0.5, 0.6) is 0 Å². The highest BCUT2D eigenvalue weighted by Crippen LogP contribution is 2.27. The summed E-state index contributed by atoms with van der Waals surface area (Å²) >= 11 is 7.64. The highest BCUT2D eigenvalue weighted by atomic mass is 35.5. The molecule has 0 spiro atoms. The van der Waals surface area contributed by atoms with Gasteiger partial charge in [-0.25, -0.2) is 0 Å². The van der Waals surface area contributed by atoms with Gasteiger partial charge in [-0.3, -0.25) is 9.36 Å². The minimum Gasteiger partial charge on any atom is -0.313 e. The Morgan fingerprint density at radius 3 is 2.77 bits per heavy atom. The van der Waals surface area contributed by atoms with Crippen molar-refractivity contribution in [1.29, 1.82) is 0 Å². The van der Waals surface area contributed by atoms with Gasteiger partial charge < -0.3 is 5.32 Å². The molecule has 0 saturated carbocycles. The summed E-state index contributed by atoms with van der Waals surface area (Å²) in [5.74, 6) is 0.706. The molecule has 0 aliphatic rings. The third-order valence-electron chi connectivity index (χ3n) is 3.92. The second-order valence-electron chi connectivity index (χ2n) is 5.82. The van der Waals surface area contributed by atoms with E-state index in [1.807, 2.05) is 65.9 Å². The van der Waals surface area contributed by atoms with E-state index in [9.17, 15) is 0 Å². The molecule has 0 unspecified atom stereocenters. The Balaban J connectivity index is 1.47. The van der Waals surface area contributed by atoms with Gasteiger partial charge in [0.05, 0.1) is 6.54 Å². The van der Waals surface area contributed by atoms with Crippen molar-refractivity contribution in [3.63, 3.8) is 0 Å². The van der Waals surface area contributed by atoms with Crippen molar-refractivity contribution in [3.8, 4) is 10.7 Å². The number of nitrogens with one attached hydrogen (secondary N) is 1. The van der Waals surface area contributed by atoms with Crippen LogP contribution in [0.4, 0.5) is 10.9 Å². The Kier molecular flexibility index (Phi) is 4.44. The maximum absolute atomic E-state index is 6.20. The third-order valence-corrected chi connectivity index (χ3v) is 5.15. The summed E-state index contributed by atoms with van der Waals surface area (Å²) in [4.78, 5) is 0. The number of aryl methyl sites for hydroxylation is 2. The summed E-state index contributed by atoms with van der Waals surface area (Å²) in [6, 6.07) is 11.6. The van der Waals surface area contributed by atoms with Crippen LogP contribution in [0.25, 0.3) is 10.7 Å². The molecule has 7 nitrogen and oxygen atoms in total. The van der Waals surface area contributed by atoms with Crippen LogP contribution in [0.3, 0.4) is 0 Å². The molecule has 0 bridgehead atoms. The number of anilines is 2. The first kappa shape index (κ1) is 16.7. The monoisotopic (exact) mass is 385 g/mol. The normalized spacial score (nSPS) is 11.0. The molecule has 0 amide bonds. The molecule has 132 valence electrons. The number of benzene rings is 1. The van der Waals surface area contributed by atoms with E-state index in [1.165, 1.54) is 11.3 Å². The Labute approximate surface area is 159 Å². The summed E-state index contributed by atoms with van der Waals surface area (Å²) in [5, 5.41) is 22.7. The lowest BCUT2D eigenvalue weighted by Gasteiger charge is -2.04. The molecule has 0 saturated heterocycles. The van der Waals surface area contributed by atoms with E-state index in [4.69, 9.17) is 11.6 Å². The average molecular weight is 386 g/mol. The largest absolute Gasteiger partial charge is 0.313 e. The van der Waals surface area contributed by atoms with Gasteiger partial charge in [-0.2, -0.15) is 10.2 Å². The third kappa shape index (κ3) is 3.47. The maximum Gasteiger partial charge on any atom is 0.211 e. The minimum atomic E-state index is 0.607. The molecule has 1 N–H and O–H groups in total. The predicted molar refractivity (Wildman–Crippen MR) is 103 cm³/mol. The molecule has 3 heterocycles. The maximum atomic E-state index is 6.20. The number of hydrogen-bond donors (Lipinski definition) is 1. The van der Waals surface area contributed by atoms with E-state index in [1.54, 1.807) is 0 Å². The number of aromatic nitrogens is 6. The van der Waals surface area contributed by atoms with Gasteiger partial charge in [-0.15, -0.1) is 10.2 Å². The van der Waals surface area contributed by atoms with Gasteiger partial charge in [0.2, 0.25) is 5.13 Å². The van der Waals surface area contributed by atoms with Gasteiger partial charge in [0.15, 0.2) is 10.8 Å². The molecule has 9 heteroatoms. The van der Waals surface area contributed by atoms with E-state index in [0.717, 1.165) is 27.0 Å². The predicted octanol–water partition coefficient (Wildman–Crippen LogP) is 3.89. The van der Waals surface area contributed by atoms with Crippen molar-refractivity contribution >= 4 is 33.9 Å². The lowest BCUT2D eigenvalue weighted by Crippen LogP contribution is -2.01. The van der Waals surface area contributed by atoms with E-state index in [2.05, 4.69) is 25.7 Å². The minimum absolute atomic E-state index is 0.607. The van der Waals surface area contributed by atoms with Crippen molar-refractivity contribution < 1.29 is 0 Å². The molecule has 0 radical (unpaired) electrons. The molecular formula is C17H16ClN7S. The Morgan fingerprint density at radius 1 is 1.15 bits per heavy atom. The first-order valence-corrected chi connectivity index (χ1v) is 9.16. The van der Waals surface area contributed by atoms with Crippen LogP contribution >= 0.6 is 22.9 Å². The molecule has 4 rings (SSSR count). The second kappa shape index (κ2) is 6.89. The Morgan fingerprint density at radius 2 is 2.00 bits per heavy atom. The summed E-state index contributed by atoms with van der Waals surface area (Å²) in [6.07, 6.45) is 1.90. The second-order valence-corrected chi connectivity index (χ2v) is 7.21. The lowest BCUT2D eigenvalue weighted by molar-refractivity contribution is 0.690. The number of rotatable bonds is 5. The summed E-state index contributed by atoms with van der Waals surface area (Å²) in [7, 11) is 1.91. The zero-order valence-electron chi connectivity index (χ0n) is 14.2. The van der Waals surface area contributed by atoms with Crippen molar-refractivity contribution in [2.45, 2.75) is 13.5 Å². The molecule has 0 fully saturated rings. The molecule has 0 aliphatic carbocycles. The number of halogens is 1. The van der Waals surface area contributed by atoms with Gasteiger partial charge in [0, 0.05) is 30.0 Å². The van der Waals surface area contributed by atoms with Crippen molar-refractivity contribution in [2.24, 2.45) is 7.05 Å². The molecule has 0 atom stereocenters. The summed E-state index contributed by atoms with van der Waals surface area (Å²) in [6.45, 7) is 2.61. The standard InChI is InChI=1S/C17H16ClN7S/c1-11-9-14(22-24(11)2)16-20-21-17(26-16)19-15-7-8-25(23-15)10-12-5-3-4-6-13(12)18/h3-9H,10H2,1-2H3,(H,19,21,23). The van der Waals surface area contributed by atoms with Crippen LogP contribution in [0, 0.1) is 6.92 Å². The first-order valence-electron chi connectivity index (χ1n) is 7.97. The smallest absolute Gasteiger partial charge is 0.211 e. The zero-order valence-corrected chi connectivity index (χ0v) is 15.8. The Bertz CT molecular complexity index is 1030. The van der Waals surface area contributed by atoms with E-state index in [0.29, 0.717) is 17.5 Å². The van der Waals surface area contributed by atoms with Gasteiger partial charge in [0.1, 0.15) is 5.69 Å². The highest BCUT2D eigenvalue weighted by molar-refractivity contribution is 7.18. The molecule has 26 heavy (non-hydrogen) atoms. The summed E-state index contributed by atoms with van der Waals surface area (Å²) in [5.41, 5.74) is 2.91. The topological polar surface area (TPSA) is 73.5 Å². The molecule has 0 aliphatic heterocycles. The van der Waals surface area contributed by atoms with E-state index < -0.39 is 0 Å². The van der Waals surface area contributed by atoms with Gasteiger partial charge >= 0.3 is 0 Å². The number of hydrogen-bond acceptors (Lipinski definition) is 6. The van der Waals surface area contributed by atoms with Crippen molar-refractivity contribution in [1.82, 2.24) is 29.8 Å². The average Bonchev–Trinajstić information content (AvgIpc) is 3.33. The quantitative estimate of drug-likeness (QED) is 0.564. The fourth-order valence-electron chi connectivity index (χ4n) is 2.47. The first-order chi connectivity index (χ1) is 12.6. The van der Waals surface area contributed by atoms with Crippen molar-refractivity contribution in [2.75, 3.05) is 5.32 Å². The lowest BCUT2D eigenvalue weighted by atomic mass is 10.2. The fourth-order valence-corrected chi connectivity index (χ4v) is 3.37. The van der Waals surface area contributed by atoms with Gasteiger partial charge in [0.25, 0.3) is 0 Å². The Hall–Kier alpha value is -2.71. The van der Waals surface area contributed by atoms with Gasteiger partial charge in [-0.1, -0.05) is 41.1 Å². The molecular weight excluding hydrogens is 370 g/mol. The fraction of sp³-hybridized carbons (Fsp3) is 0.176. The van der Waals surface area contributed by atoms with Crippen LogP contribution < -0.4 is 5.32 Å². The van der Waals surface area contributed by atoms with Gasteiger partial charge in [-0.05, 0) is 24.6 Å². The zero-order chi connectivity index (χ0) is 18.1. The highest BCUT2D eigenvalue weighted by Gasteiger charge is 2.12. The molecule has 4 aromatic rings. The molecule has 1 aromatic carbocycles. The van der Waals surface area contributed by atoms with Crippen LogP contribution in [0.15, 0.2) is 42.6 Å². The van der Waals surface area contributed by atoms with Crippen LogP contribution in [-0.2, 0) is 13.6 Å².